The maximum Gasteiger partial charge on any atom is 0.107 e. The summed E-state index contributed by atoms with van der Waals surface area (Å²) in [5, 5.41) is 4.44. The van der Waals surface area contributed by atoms with Crippen LogP contribution in [0.4, 0.5) is 11.4 Å². The van der Waals surface area contributed by atoms with Crippen molar-refractivity contribution < 1.29 is 0 Å². The average molecular weight is 361 g/mol. The molecule has 0 saturated carbocycles. The summed E-state index contributed by atoms with van der Waals surface area (Å²) in [6.45, 7) is 3.74. The first-order valence-electron chi connectivity index (χ1n) is 5.99. The summed E-state index contributed by atoms with van der Waals surface area (Å²) < 4.78 is 0. The highest BCUT2D eigenvalue weighted by atomic mass is 35.5. The van der Waals surface area contributed by atoms with Crippen LogP contribution in [0.5, 0.6) is 0 Å². The largest absolute Gasteiger partial charge is 0.389 e. The van der Waals surface area contributed by atoms with Crippen molar-refractivity contribution in [1.29, 1.82) is 0 Å². The number of anilines is 2. The van der Waals surface area contributed by atoms with Gasteiger partial charge in [-0.1, -0.05) is 47.0 Å². The number of thiocarbonyl (C=S) groups is 1. The number of rotatable bonds is 3. The van der Waals surface area contributed by atoms with Gasteiger partial charge in [-0.25, -0.2) is 0 Å². The van der Waals surface area contributed by atoms with E-state index in [2.05, 4.69) is 10.3 Å². The Bertz CT molecular complexity index is 732. The predicted molar refractivity (Wildman–Crippen MR) is 94.4 cm³/mol. The van der Waals surface area contributed by atoms with Gasteiger partial charge in [-0.05, 0) is 32.0 Å². The van der Waals surface area contributed by atoms with Crippen LogP contribution < -0.4 is 11.1 Å². The topological polar surface area (TPSA) is 50.9 Å². The summed E-state index contributed by atoms with van der Waals surface area (Å²) in [4.78, 5) is 4.63. The highest BCUT2D eigenvalue weighted by molar-refractivity contribution is 7.80. The quantitative estimate of drug-likeness (QED) is 0.595. The Kier molecular flexibility index (Phi) is 4.94. The minimum absolute atomic E-state index is 0.263. The van der Waals surface area contributed by atoms with Gasteiger partial charge in [-0.2, -0.15) is 0 Å². The van der Waals surface area contributed by atoms with Gasteiger partial charge in [0.2, 0.25) is 0 Å². The van der Waals surface area contributed by atoms with Crippen molar-refractivity contribution in [3.63, 3.8) is 0 Å². The maximum atomic E-state index is 6.18. The van der Waals surface area contributed by atoms with Crippen molar-refractivity contribution in [2.45, 2.75) is 13.8 Å². The second-order valence-corrected chi connectivity index (χ2v) is 6.17. The zero-order valence-electron chi connectivity index (χ0n) is 11.3. The summed E-state index contributed by atoms with van der Waals surface area (Å²) in [6, 6.07) is 5.08. The first-order chi connectivity index (χ1) is 9.79. The summed E-state index contributed by atoms with van der Waals surface area (Å²) in [6.07, 6.45) is 0. The second-order valence-electron chi connectivity index (χ2n) is 4.51. The minimum Gasteiger partial charge on any atom is -0.389 e. The fourth-order valence-corrected chi connectivity index (χ4v) is 2.85. The molecular weight excluding hydrogens is 349 g/mol. The van der Waals surface area contributed by atoms with Crippen LogP contribution in [0.25, 0.3) is 0 Å². The molecule has 1 aromatic heterocycles. The Labute approximate surface area is 143 Å². The van der Waals surface area contributed by atoms with Gasteiger partial charge in [0.05, 0.1) is 32.0 Å². The van der Waals surface area contributed by atoms with E-state index in [4.69, 9.17) is 52.8 Å². The van der Waals surface area contributed by atoms with E-state index in [1.54, 1.807) is 12.1 Å². The molecule has 0 saturated heterocycles. The lowest BCUT2D eigenvalue weighted by molar-refractivity contribution is 1.12. The lowest BCUT2D eigenvalue weighted by Crippen LogP contribution is -2.15. The summed E-state index contributed by atoms with van der Waals surface area (Å²) in [7, 11) is 0. The minimum atomic E-state index is 0.263. The van der Waals surface area contributed by atoms with Crippen molar-refractivity contribution in [2.75, 3.05) is 5.32 Å². The molecule has 1 aromatic carbocycles. The van der Waals surface area contributed by atoms with E-state index in [-0.39, 0.29) is 4.99 Å². The van der Waals surface area contributed by atoms with Gasteiger partial charge < -0.3 is 11.1 Å². The maximum absolute atomic E-state index is 6.18. The van der Waals surface area contributed by atoms with Gasteiger partial charge in [0.1, 0.15) is 4.99 Å². The van der Waals surface area contributed by atoms with Crippen LogP contribution in [0.3, 0.4) is 0 Å². The highest BCUT2D eigenvalue weighted by Gasteiger charge is 2.13. The van der Waals surface area contributed by atoms with E-state index in [9.17, 15) is 0 Å². The van der Waals surface area contributed by atoms with E-state index in [0.29, 0.717) is 26.3 Å². The molecule has 2 aromatic rings. The van der Waals surface area contributed by atoms with E-state index in [1.165, 1.54) is 0 Å². The van der Waals surface area contributed by atoms with E-state index < -0.39 is 0 Å². The number of halogens is 3. The van der Waals surface area contributed by atoms with Crippen molar-refractivity contribution >= 4 is 63.4 Å². The van der Waals surface area contributed by atoms with Crippen molar-refractivity contribution in [1.82, 2.24) is 4.98 Å². The van der Waals surface area contributed by atoms with Crippen LogP contribution in [-0.4, -0.2) is 9.97 Å². The molecule has 3 N–H and O–H groups in total. The number of aryl methyl sites for hydroxylation is 2. The zero-order chi connectivity index (χ0) is 15.7. The molecule has 3 nitrogen and oxygen atoms in total. The lowest BCUT2D eigenvalue weighted by atomic mass is 10.1. The third kappa shape index (κ3) is 3.58. The smallest absolute Gasteiger partial charge is 0.107 e. The number of nitrogens with one attached hydrogen (secondary N) is 1. The zero-order valence-corrected chi connectivity index (χ0v) is 14.4. The number of aromatic nitrogens is 1. The van der Waals surface area contributed by atoms with Crippen LogP contribution >= 0.6 is 47.0 Å². The molecule has 0 bridgehead atoms. The molecule has 0 fully saturated rings. The van der Waals surface area contributed by atoms with Gasteiger partial charge in [-0.15, -0.1) is 0 Å². The summed E-state index contributed by atoms with van der Waals surface area (Å²) >= 11 is 23.2. The highest BCUT2D eigenvalue weighted by Crippen LogP contribution is 2.35. The van der Waals surface area contributed by atoms with Crippen molar-refractivity contribution in [2.24, 2.45) is 5.73 Å². The number of nitrogens with zero attached hydrogens (tertiary/aromatic N) is 1. The number of hydrogen-bond donors (Lipinski definition) is 2. The lowest BCUT2D eigenvalue weighted by Gasteiger charge is -2.15. The van der Waals surface area contributed by atoms with Gasteiger partial charge in [-0.3, -0.25) is 4.98 Å². The fourth-order valence-electron chi connectivity index (χ4n) is 2.00. The SMILES string of the molecule is Cc1cc(Nc2cc(Cl)c(Cl)cc2Cl)c(C(N)=S)c(C)n1. The van der Waals surface area contributed by atoms with Gasteiger partial charge in [0.15, 0.2) is 0 Å². The Hall–Kier alpha value is -1.07. The molecule has 2 rings (SSSR count). The molecule has 0 spiro atoms. The predicted octanol–water partition coefficient (Wildman–Crippen LogP) is 5.04. The molecule has 0 aliphatic carbocycles. The number of benzene rings is 1. The number of pyridine rings is 1. The van der Waals surface area contributed by atoms with E-state index in [0.717, 1.165) is 17.1 Å². The Morgan fingerprint density at radius 1 is 1.05 bits per heavy atom. The number of nitrogens with two attached hydrogens (primary N) is 1. The molecule has 110 valence electrons. The molecular formula is C14H12Cl3N3S. The molecule has 0 amide bonds. The monoisotopic (exact) mass is 359 g/mol. The van der Waals surface area contributed by atoms with Gasteiger partial charge >= 0.3 is 0 Å². The Morgan fingerprint density at radius 2 is 1.67 bits per heavy atom. The molecule has 0 atom stereocenters. The van der Waals surface area contributed by atoms with Crippen LogP contribution in [-0.2, 0) is 0 Å². The normalized spacial score (nSPS) is 10.5. The van der Waals surface area contributed by atoms with E-state index in [1.807, 2.05) is 19.9 Å². The number of hydrogen-bond acceptors (Lipinski definition) is 3. The Morgan fingerprint density at radius 3 is 2.29 bits per heavy atom. The van der Waals surface area contributed by atoms with Crippen LogP contribution in [0.2, 0.25) is 15.1 Å². The summed E-state index contributed by atoms with van der Waals surface area (Å²) in [5.74, 6) is 0. The Balaban J connectivity index is 2.54. The van der Waals surface area contributed by atoms with Crippen LogP contribution in [0, 0.1) is 13.8 Å². The first-order valence-corrected chi connectivity index (χ1v) is 7.53. The van der Waals surface area contributed by atoms with Gasteiger partial charge in [0.25, 0.3) is 0 Å². The fraction of sp³-hybridized carbons (Fsp3) is 0.143. The van der Waals surface area contributed by atoms with Gasteiger partial charge in [0, 0.05) is 11.4 Å². The summed E-state index contributed by atoms with van der Waals surface area (Å²) in [5.41, 5.74) is 9.40. The molecule has 0 aliphatic rings. The van der Waals surface area contributed by atoms with Crippen LogP contribution in [0.1, 0.15) is 17.0 Å². The van der Waals surface area contributed by atoms with Crippen molar-refractivity contribution in [3.05, 3.63) is 50.2 Å². The third-order valence-electron chi connectivity index (χ3n) is 2.85. The molecule has 0 radical (unpaired) electrons. The molecule has 0 unspecified atom stereocenters. The second kappa shape index (κ2) is 6.36. The average Bonchev–Trinajstić information content (AvgIpc) is 2.34. The standard InChI is InChI=1S/C14H12Cl3N3S/c1-6-3-12(13(14(18)21)7(2)19-6)20-11-5-9(16)8(15)4-10(11)17/h3-5H,1-2H3,(H2,18,21)(H,19,20). The first kappa shape index (κ1) is 16.3. The van der Waals surface area contributed by atoms with Crippen molar-refractivity contribution in [3.8, 4) is 0 Å². The van der Waals surface area contributed by atoms with Crippen LogP contribution in [0.15, 0.2) is 18.2 Å². The van der Waals surface area contributed by atoms with E-state index >= 15 is 0 Å². The molecule has 7 heteroatoms. The molecule has 21 heavy (non-hydrogen) atoms. The molecule has 0 aliphatic heterocycles. The third-order valence-corrected chi connectivity index (χ3v) is 4.09. The molecule has 1 heterocycles.